The highest BCUT2D eigenvalue weighted by molar-refractivity contribution is 7.10. The Morgan fingerprint density at radius 1 is 1.00 bits per heavy atom. The van der Waals surface area contributed by atoms with Crippen LogP contribution in [0.2, 0.25) is 18.1 Å². The van der Waals surface area contributed by atoms with E-state index in [0.717, 1.165) is 18.5 Å². The second kappa shape index (κ2) is 12.3. The number of carbonyl (C=O) groups excluding carboxylic acids is 2. The van der Waals surface area contributed by atoms with E-state index in [2.05, 4.69) is 33.9 Å². The molecule has 0 aromatic carbocycles. The molecule has 12 heteroatoms. The number of rotatable bonds is 7. The highest BCUT2D eigenvalue weighted by Gasteiger charge is 2.49. The molecule has 42 heavy (non-hydrogen) atoms. The minimum Gasteiger partial charge on any atom is -0.478 e. The van der Waals surface area contributed by atoms with Crippen molar-refractivity contribution in [3.63, 3.8) is 0 Å². The van der Waals surface area contributed by atoms with Gasteiger partial charge in [-0.1, -0.05) is 20.8 Å². The van der Waals surface area contributed by atoms with Crippen LogP contribution in [0.1, 0.15) is 85.9 Å². The Morgan fingerprint density at radius 3 is 2.14 bits per heavy atom. The van der Waals surface area contributed by atoms with Crippen LogP contribution in [-0.4, -0.2) is 89.3 Å². The van der Waals surface area contributed by atoms with Crippen molar-refractivity contribution in [2.75, 3.05) is 19.7 Å². The number of aromatic nitrogens is 1. The number of carbonyl (C=O) groups is 3. The van der Waals surface area contributed by atoms with Gasteiger partial charge in [-0.05, 0) is 78.9 Å². The van der Waals surface area contributed by atoms with Gasteiger partial charge < -0.3 is 23.9 Å². The van der Waals surface area contributed by atoms with Gasteiger partial charge in [0.2, 0.25) is 0 Å². The summed E-state index contributed by atoms with van der Waals surface area (Å²) in [5.74, 6) is -1.15. The first-order valence-electron chi connectivity index (χ1n) is 14.6. The number of ether oxygens (including phenoxy) is 2. The zero-order valence-electron chi connectivity index (χ0n) is 27.1. The first kappa shape index (κ1) is 34.1. The monoisotopic (exact) mass is 623 g/mol. The fourth-order valence-corrected chi connectivity index (χ4v) is 6.82. The minimum absolute atomic E-state index is 0.0151. The van der Waals surface area contributed by atoms with Gasteiger partial charge in [0.05, 0.1) is 23.4 Å². The second-order valence-electron chi connectivity index (χ2n) is 14.7. The summed E-state index contributed by atoms with van der Waals surface area (Å²) in [6, 6.07) is -1.40. The predicted octanol–water partition coefficient (Wildman–Crippen LogP) is 6.56. The lowest BCUT2D eigenvalue weighted by atomic mass is 9.85. The average molecular weight is 624 g/mol. The molecule has 3 heterocycles. The SMILES string of the molecule is CC(C)(C)OC(=O)N1CC2CC(c3nc(CCCO[Si](C)(C)C(C)(C)C)cs3)=C(C(=O)O)[C@@H](C1)N2C(=O)OC(C)(C)C. The molecule has 3 rings (SSSR count). The van der Waals surface area contributed by atoms with E-state index in [1.54, 1.807) is 41.5 Å². The number of thiazole rings is 1. The van der Waals surface area contributed by atoms with Crippen LogP contribution in [0.15, 0.2) is 11.0 Å². The van der Waals surface area contributed by atoms with Crippen LogP contribution >= 0.6 is 11.3 Å². The molecule has 0 spiro atoms. The van der Waals surface area contributed by atoms with E-state index in [1.807, 2.05) is 5.38 Å². The van der Waals surface area contributed by atoms with E-state index >= 15 is 0 Å². The zero-order chi connectivity index (χ0) is 31.8. The first-order valence-corrected chi connectivity index (χ1v) is 18.4. The summed E-state index contributed by atoms with van der Waals surface area (Å²) in [7, 11) is -1.83. The summed E-state index contributed by atoms with van der Waals surface area (Å²) in [6.07, 6.45) is 0.650. The van der Waals surface area contributed by atoms with Crippen LogP contribution in [0.5, 0.6) is 0 Å². The van der Waals surface area contributed by atoms with Crippen molar-refractivity contribution in [1.29, 1.82) is 0 Å². The summed E-state index contributed by atoms with van der Waals surface area (Å²) >= 11 is 1.41. The van der Waals surface area contributed by atoms with Crippen molar-refractivity contribution in [2.45, 2.75) is 123 Å². The molecule has 1 N–H and O–H groups in total. The lowest BCUT2D eigenvalue weighted by Crippen LogP contribution is -2.65. The van der Waals surface area contributed by atoms with Crippen LogP contribution in [0.4, 0.5) is 9.59 Å². The van der Waals surface area contributed by atoms with Gasteiger partial charge in [0.15, 0.2) is 8.32 Å². The van der Waals surface area contributed by atoms with Gasteiger partial charge in [-0.3, -0.25) is 4.90 Å². The number of aryl methyl sites for hydroxylation is 1. The Kier molecular flexibility index (Phi) is 9.95. The topological polar surface area (TPSA) is 118 Å². The molecule has 2 atom stereocenters. The number of aliphatic carboxylic acids is 1. The Bertz CT molecular complexity index is 1210. The molecule has 10 nitrogen and oxygen atoms in total. The van der Waals surface area contributed by atoms with Crippen molar-refractivity contribution in [1.82, 2.24) is 14.8 Å². The molecule has 1 fully saturated rings. The largest absolute Gasteiger partial charge is 0.478 e. The van der Waals surface area contributed by atoms with E-state index in [-0.39, 0.29) is 30.1 Å². The Morgan fingerprint density at radius 2 is 1.60 bits per heavy atom. The molecule has 0 aliphatic carbocycles. The maximum Gasteiger partial charge on any atom is 0.411 e. The Balaban J connectivity index is 1.88. The molecule has 2 aliphatic rings. The standard InChI is InChI=1S/C30H49N3O7SSi/c1-28(2,3)39-26(36)32-16-20-15-21(23(25(34)35)22(17-32)33(20)27(37)40-29(4,5)6)24-31-19(18-41-24)13-12-14-38-42(10,11)30(7,8)9/h18,20,22H,12-17H2,1-11H3,(H,34,35)/t20?,22-/m1/s1. The maximum atomic E-state index is 13.4. The first-order chi connectivity index (χ1) is 19.1. The number of hydrogen-bond acceptors (Lipinski definition) is 8. The van der Waals surface area contributed by atoms with Gasteiger partial charge in [0, 0.05) is 30.6 Å². The average Bonchev–Trinajstić information content (AvgIpc) is 3.26. The molecule has 1 unspecified atom stereocenters. The molecule has 0 saturated carbocycles. The molecule has 236 valence electrons. The minimum atomic E-state index is -1.83. The fourth-order valence-electron chi connectivity index (χ4n) is 4.81. The van der Waals surface area contributed by atoms with E-state index in [9.17, 15) is 19.5 Å². The van der Waals surface area contributed by atoms with E-state index < -0.39 is 49.8 Å². The molecule has 1 aromatic heterocycles. The molecule has 1 saturated heterocycles. The Hall–Kier alpha value is -2.44. The lowest BCUT2D eigenvalue weighted by molar-refractivity contribution is -0.134. The van der Waals surface area contributed by atoms with Crippen molar-refractivity contribution in [2.24, 2.45) is 0 Å². The Labute approximate surface area is 255 Å². The van der Waals surface area contributed by atoms with Gasteiger partial charge in [0.1, 0.15) is 16.2 Å². The maximum absolute atomic E-state index is 13.4. The molecular formula is C30H49N3O7SSi. The predicted molar refractivity (Wildman–Crippen MR) is 166 cm³/mol. The van der Waals surface area contributed by atoms with Gasteiger partial charge in [-0.2, -0.15) is 0 Å². The van der Waals surface area contributed by atoms with Crippen molar-refractivity contribution < 1.29 is 33.4 Å². The highest BCUT2D eigenvalue weighted by atomic mass is 32.1. The van der Waals surface area contributed by atoms with Crippen molar-refractivity contribution in [3.05, 3.63) is 21.7 Å². The zero-order valence-corrected chi connectivity index (χ0v) is 28.9. The van der Waals surface area contributed by atoms with Crippen LogP contribution in [0.25, 0.3) is 5.57 Å². The second-order valence-corrected chi connectivity index (χ2v) is 20.4. The number of carboxylic acid groups (broad SMARTS) is 1. The number of carboxylic acids is 1. The van der Waals surface area contributed by atoms with Crippen LogP contribution in [-0.2, 0) is 25.1 Å². The smallest absolute Gasteiger partial charge is 0.411 e. The van der Waals surface area contributed by atoms with Crippen LogP contribution < -0.4 is 0 Å². The lowest BCUT2D eigenvalue weighted by Gasteiger charge is -2.49. The number of hydrogen-bond donors (Lipinski definition) is 1. The highest BCUT2D eigenvalue weighted by Crippen LogP contribution is 2.41. The number of nitrogens with zero attached hydrogens (tertiary/aromatic N) is 3. The van der Waals surface area contributed by atoms with Crippen molar-refractivity contribution >= 4 is 43.4 Å². The van der Waals surface area contributed by atoms with Gasteiger partial charge in [0.25, 0.3) is 0 Å². The third-order valence-electron chi connectivity index (χ3n) is 7.79. The number of piperazine rings is 1. The molecular weight excluding hydrogens is 574 g/mol. The number of amides is 2. The summed E-state index contributed by atoms with van der Waals surface area (Å²) in [5.41, 5.74) is 0.0869. The summed E-state index contributed by atoms with van der Waals surface area (Å²) < 4.78 is 17.6. The molecule has 0 radical (unpaired) electrons. The molecule has 1 aromatic rings. The summed E-state index contributed by atoms with van der Waals surface area (Å²) in [6.45, 7) is 22.6. The fraction of sp³-hybridized carbons (Fsp3) is 0.733. The van der Waals surface area contributed by atoms with Crippen molar-refractivity contribution in [3.8, 4) is 0 Å². The van der Waals surface area contributed by atoms with Crippen LogP contribution in [0.3, 0.4) is 0 Å². The normalized spacial score (nSPS) is 20.1. The quantitative estimate of drug-likeness (QED) is 0.268. The molecule has 2 aliphatic heterocycles. The van der Waals surface area contributed by atoms with E-state index in [1.165, 1.54) is 21.1 Å². The molecule has 2 bridgehead atoms. The van der Waals surface area contributed by atoms with Gasteiger partial charge >= 0.3 is 18.2 Å². The third-order valence-corrected chi connectivity index (χ3v) is 13.3. The third kappa shape index (κ3) is 8.34. The van der Waals surface area contributed by atoms with E-state index in [4.69, 9.17) is 18.9 Å². The summed E-state index contributed by atoms with van der Waals surface area (Å²) in [4.78, 5) is 47.0. The van der Waals surface area contributed by atoms with Gasteiger partial charge in [-0.25, -0.2) is 19.4 Å². The summed E-state index contributed by atoms with van der Waals surface area (Å²) in [5, 5.41) is 13.2. The van der Waals surface area contributed by atoms with Gasteiger partial charge in [-0.15, -0.1) is 11.3 Å². The number of fused-ring (bicyclic) bond motifs is 2. The molecule has 2 amide bonds. The van der Waals surface area contributed by atoms with E-state index in [0.29, 0.717) is 17.2 Å². The van der Waals surface area contributed by atoms with Crippen LogP contribution in [0, 0.1) is 0 Å².